The number of aliphatic carboxylic acids is 1. The first-order valence-electron chi connectivity index (χ1n) is 14.1. The van der Waals surface area contributed by atoms with Crippen LogP contribution >= 0.6 is 0 Å². The molecule has 1 saturated carbocycles. The summed E-state index contributed by atoms with van der Waals surface area (Å²) in [6.45, 7) is 0. The summed E-state index contributed by atoms with van der Waals surface area (Å²) in [5, 5.41) is 10.9. The van der Waals surface area contributed by atoms with Crippen molar-refractivity contribution < 1.29 is 23.8 Å². The maximum absolute atomic E-state index is 13.4. The topological polar surface area (TPSA) is 129 Å². The highest BCUT2D eigenvalue weighted by molar-refractivity contribution is 5.91. The van der Waals surface area contributed by atoms with E-state index in [0.29, 0.717) is 36.8 Å². The van der Waals surface area contributed by atoms with Gasteiger partial charge in [-0.2, -0.15) is 0 Å². The second-order valence-electron chi connectivity index (χ2n) is 10.7. The third-order valence-corrected chi connectivity index (χ3v) is 8.24. The Bertz CT molecular complexity index is 1250. The Morgan fingerprint density at radius 3 is 2.55 bits per heavy atom. The summed E-state index contributed by atoms with van der Waals surface area (Å²) >= 11 is 0. The van der Waals surface area contributed by atoms with E-state index in [1.807, 2.05) is 36.4 Å². The summed E-state index contributed by atoms with van der Waals surface area (Å²) in [4.78, 5) is 33.7. The number of hydrogen-bond acceptors (Lipinski definition) is 6. The number of nitrogens with two attached hydrogens (primary N) is 1. The zero-order chi connectivity index (χ0) is 28.4. The fourth-order valence-corrected chi connectivity index (χ4v) is 6.07. The molecule has 0 spiro atoms. The first-order valence-corrected chi connectivity index (χ1v) is 14.1. The maximum Gasteiger partial charge on any atom is 0.323 e. The number of primary amides is 1. The van der Waals surface area contributed by atoms with Gasteiger partial charge in [0.15, 0.2) is 11.1 Å². The highest BCUT2D eigenvalue weighted by atomic mass is 16.5. The second-order valence-corrected chi connectivity index (χ2v) is 10.7. The van der Waals surface area contributed by atoms with Crippen molar-refractivity contribution in [3.63, 3.8) is 0 Å². The fraction of sp³-hybridized carbons (Fsp3) is 0.438. The van der Waals surface area contributed by atoms with Crippen LogP contribution in [0.3, 0.4) is 0 Å². The van der Waals surface area contributed by atoms with Crippen LogP contribution in [-0.4, -0.2) is 40.2 Å². The molecule has 8 nitrogen and oxygen atoms in total. The first kappa shape index (κ1) is 29.2. The van der Waals surface area contributed by atoms with Gasteiger partial charge >= 0.3 is 5.97 Å². The molecule has 0 saturated heterocycles. The van der Waals surface area contributed by atoms with Crippen molar-refractivity contribution in [2.45, 2.75) is 69.3 Å². The van der Waals surface area contributed by atoms with E-state index in [1.165, 1.54) is 0 Å². The molecule has 0 radical (unpaired) electrons. The van der Waals surface area contributed by atoms with Crippen LogP contribution in [-0.2, 0) is 14.9 Å². The molecule has 2 atom stereocenters. The van der Waals surface area contributed by atoms with Crippen molar-refractivity contribution in [3.8, 4) is 0 Å². The third-order valence-electron chi connectivity index (χ3n) is 8.24. The molecule has 3 aromatic rings. The van der Waals surface area contributed by atoms with Gasteiger partial charge in [0.25, 0.3) is 5.91 Å². The van der Waals surface area contributed by atoms with Crippen molar-refractivity contribution >= 4 is 18.0 Å². The minimum atomic E-state index is -1.58. The van der Waals surface area contributed by atoms with E-state index in [-0.39, 0.29) is 17.5 Å². The van der Waals surface area contributed by atoms with Gasteiger partial charge in [0.1, 0.15) is 6.26 Å². The number of hydrogen-bond donors (Lipinski definition) is 2. The predicted octanol–water partition coefficient (Wildman–Crippen LogP) is 6.02. The number of pyridine rings is 1. The molecule has 8 heteroatoms. The fourth-order valence-electron chi connectivity index (χ4n) is 6.07. The predicted molar refractivity (Wildman–Crippen MR) is 152 cm³/mol. The monoisotopic (exact) mass is 545 g/mol. The van der Waals surface area contributed by atoms with E-state index >= 15 is 0 Å². The van der Waals surface area contributed by atoms with Crippen LogP contribution in [0.25, 0.3) is 6.08 Å². The number of amides is 1. The van der Waals surface area contributed by atoms with Crippen LogP contribution in [0, 0.1) is 11.8 Å². The summed E-state index contributed by atoms with van der Waals surface area (Å²) in [5.41, 5.74) is 5.36. The average Bonchev–Trinajstić information content (AvgIpc) is 3.47. The van der Waals surface area contributed by atoms with Gasteiger partial charge in [-0.3, -0.25) is 14.6 Å². The van der Waals surface area contributed by atoms with Crippen LogP contribution in [0.1, 0.15) is 85.3 Å². The van der Waals surface area contributed by atoms with Crippen molar-refractivity contribution in [1.82, 2.24) is 9.97 Å². The van der Waals surface area contributed by atoms with Crippen molar-refractivity contribution in [2.75, 3.05) is 7.11 Å². The third kappa shape index (κ3) is 6.86. The molecule has 2 aromatic heterocycles. The number of benzene rings is 1. The van der Waals surface area contributed by atoms with Gasteiger partial charge in [0.05, 0.1) is 6.10 Å². The molecule has 1 aliphatic rings. The lowest BCUT2D eigenvalue weighted by Crippen LogP contribution is -2.45. The van der Waals surface area contributed by atoms with Gasteiger partial charge in [-0.15, -0.1) is 0 Å². The maximum atomic E-state index is 13.4. The summed E-state index contributed by atoms with van der Waals surface area (Å²) in [6.07, 6.45) is 17.3. The van der Waals surface area contributed by atoms with Crippen LogP contribution in [0.4, 0.5) is 0 Å². The summed E-state index contributed by atoms with van der Waals surface area (Å²) in [7, 11) is 1.78. The number of allylic oxidation sites excluding steroid dienone is 1. The molecule has 4 rings (SSSR count). The van der Waals surface area contributed by atoms with Gasteiger partial charge in [-0.05, 0) is 74.0 Å². The van der Waals surface area contributed by atoms with E-state index in [0.717, 1.165) is 50.4 Å². The molecule has 2 heterocycles. The quantitative estimate of drug-likeness (QED) is 0.253. The van der Waals surface area contributed by atoms with Crippen LogP contribution in [0.5, 0.6) is 0 Å². The number of oxazole rings is 1. The molecule has 3 N–H and O–H groups in total. The molecule has 40 heavy (non-hydrogen) atoms. The molecule has 1 amide bonds. The van der Waals surface area contributed by atoms with Gasteiger partial charge in [-0.1, -0.05) is 61.4 Å². The lowest BCUT2D eigenvalue weighted by molar-refractivity contribution is -0.145. The molecule has 1 aromatic carbocycles. The Morgan fingerprint density at radius 1 is 1.15 bits per heavy atom. The smallest absolute Gasteiger partial charge is 0.323 e. The summed E-state index contributed by atoms with van der Waals surface area (Å²) < 4.78 is 11.3. The molecular formula is C32H39N3O5. The lowest BCUT2D eigenvalue weighted by Gasteiger charge is -2.36. The zero-order valence-electron chi connectivity index (χ0n) is 23.1. The molecule has 1 fully saturated rings. The number of carboxylic acid groups (broad SMARTS) is 1. The highest BCUT2D eigenvalue weighted by Crippen LogP contribution is 2.45. The van der Waals surface area contributed by atoms with Crippen LogP contribution < -0.4 is 5.73 Å². The molecule has 0 bridgehead atoms. The molecule has 212 valence electrons. The van der Waals surface area contributed by atoms with Crippen molar-refractivity contribution in [1.29, 1.82) is 0 Å². The van der Waals surface area contributed by atoms with Gasteiger partial charge in [0.2, 0.25) is 5.89 Å². The average molecular weight is 546 g/mol. The molecule has 1 aliphatic carbocycles. The Labute approximate surface area is 235 Å². The molecular weight excluding hydrogens is 506 g/mol. The summed E-state index contributed by atoms with van der Waals surface area (Å²) in [6, 6.07) is 12.9. The number of carboxylic acids is 1. The Kier molecular flexibility index (Phi) is 10.2. The SMILES string of the molecule is COC1CCC(CCCC(CCC=Cc2cccnc2)C(C(=O)O)(c2ccccc2)c2nc(C(N)=O)co2)CC1. The van der Waals surface area contributed by atoms with Crippen molar-refractivity contribution in [2.24, 2.45) is 17.6 Å². The standard InChI is InChI=1S/C32H39N3O5/c1-39-27-18-16-23(17-19-27)10-7-15-26(14-6-5-9-24-11-8-20-34-21-24)32(31(37)38,25-12-3-2-4-13-25)30-35-28(22-40-30)29(33)36/h2-5,8-9,11-13,20-23,26-27H,6-7,10,14-19H2,1H3,(H2,33,36)(H,37,38). The van der Waals surface area contributed by atoms with Crippen LogP contribution in [0.2, 0.25) is 0 Å². The Morgan fingerprint density at radius 2 is 1.93 bits per heavy atom. The number of nitrogens with zero attached hydrogens (tertiary/aromatic N) is 2. The lowest BCUT2D eigenvalue weighted by atomic mass is 9.66. The first-order chi connectivity index (χ1) is 19.4. The molecule has 0 aliphatic heterocycles. The van der Waals surface area contributed by atoms with Gasteiger partial charge < -0.3 is 20.0 Å². The minimum absolute atomic E-state index is 0.0122. The number of rotatable bonds is 14. The number of aromatic nitrogens is 2. The van der Waals surface area contributed by atoms with Gasteiger partial charge in [-0.25, -0.2) is 4.98 Å². The van der Waals surface area contributed by atoms with E-state index in [4.69, 9.17) is 14.9 Å². The van der Waals surface area contributed by atoms with E-state index in [9.17, 15) is 14.7 Å². The Balaban J connectivity index is 1.64. The van der Waals surface area contributed by atoms with Gasteiger partial charge in [0, 0.05) is 19.5 Å². The van der Waals surface area contributed by atoms with Crippen molar-refractivity contribution in [3.05, 3.63) is 89.9 Å². The number of carbonyl (C=O) groups excluding carboxylic acids is 1. The normalized spacial score (nSPS) is 19.7. The zero-order valence-corrected chi connectivity index (χ0v) is 23.1. The van der Waals surface area contributed by atoms with E-state index < -0.39 is 17.3 Å². The highest BCUT2D eigenvalue weighted by Gasteiger charge is 2.52. The largest absolute Gasteiger partial charge is 0.480 e. The second kappa shape index (κ2) is 14.0. The van der Waals surface area contributed by atoms with E-state index in [2.05, 4.69) is 16.0 Å². The van der Waals surface area contributed by atoms with Crippen LogP contribution in [0.15, 0.2) is 71.6 Å². The summed E-state index contributed by atoms with van der Waals surface area (Å²) in [5.74, 6) is -1.57. The number of carbonyl (C=O) groups is 2. The minimum Gasteiger partial charge on any atom is -0.480 e. The number of methoxy groups -OCH3 is 1. The molecule has 2 unspecified atom stereocenters. The van der Waals surface area contributed by atoms with E-state index in [1.54, 1.807) is 31.6 Å². The Hall–Kier alpha value is -3.78. The number of ether oxygens (including phenoxy) is 1.